The number of pyridine rings is 2. The lowest BCUT2D eigenvalue weighted by Crippen LogP contribution is -2.13. The number of ether oxygens (including phenoxy) is 2. The van der Waals surface area contributed by atoms with Gasteiger partial charge >= 0.3 is 23.9 Å². The molecule has 0 fully saturated rings. The molecule has 0 aliphatic carbocycles. The molecule has 0 amide bonds. The number of rotatable bonds is 8. The average Bonchev–Trinajstić information content (AvgIpc) is 2.69. The van der Waals surface area contributed by atoms with Gasteiger partial charge in [-0.25, -0.2) is 9.59 Å². The predicted molar refractivity (Wildman–Crippen MR) is 92.4 cm³/mol. The van der Waals surface area contributed by atoms with Crippen LogP contribution in [0.4, 0.5) is 0 Å². The van der Waals surface area contributed by atoms with Crippen molar-refractivity contribution in [1.29, 1.82) is 0 Å². The molecule has 140 valence electrons. The summed E-state index contributed by atoms with van der Waals surface area (Å²) in [4.78, 5) is 54.1. The number of carbonyl (C=O) groups is 4. The maximum Gasteiger partial charge on any atom is 0.347 e. The highest BCUT2D eigenvalue weighted by Crippen LogP contribution is 2.08. The summed E-state index contributed by atoms with van der Waals surface area (Å²) in [6.45, 7) is 0. The van der Waals surface area contributed by atoms with Crippen molar-refractivity contribution in [2.24, 2.45) is 0 Å². The van der Waals surface area contributed by atoms with Crippen molar-refractivity contribution in [2.75, 3.05) is 0 Å². The summed E-state index contributed by atoms with van der Waals surface area (Å²) in [5.41, 5.74) is 0.402. The van der Waals surface area contributed by atoms with Gasteiger partial charge in [0.15, 0.2) is 0 Å². The minimum atomic E-state index is -0.745. The van der Waals surface area contributed by atoms with E-state index in [0.29, 0.717) is 19.3 Å². The second-order valence-electron chi connectivity index (χ2n) is 5.57. The van der Waals surface area contributed by atoms with Gasteiger partial charge in [-0.05, 0) is 37.1 Å². The molecule has 0 bridgehead atoms. The van der Waals surface area contributed by atoms with Gasteiger partial charge in [-0.2, -0.15) is 0 Å². The van der Waals surface area contributed by atoms with Gasteiger partial charge in [0.05, 0.1) is 11.1 Å². The Hall–Kier alpha value is -3.42. The van der Waals surface area contributed by atoms with E-state index in [0.717, 1.165) is 0 Å². The van der Waals surface area contributed by atoms with Crippen LogP contribution in [0.1, 0.15) is 52.8 Å². The van der Waals surface area contributed by atoms with Crippen molar-refractivity contribution in [3.8, 4) is 0 Å². The first-order valence-corrected chi connectivity index (χ1v) is 8.36. The molecule has 0 unspecified atom stereocenters. The molecular weight excluding hydrogens is 352 g/mol. The van der Waals surface area contributed by atoms with Gasteiger partial charge in [0.1, 0.15) is 0 Å². The van der Waals surface area contributed by atoms with Gasteiger partial charge < -0.3 is 9.47 Å². The third-order valence-electron chi connectivity index (χ3n) is 3.47. The number of aromatic nitrogens is 2. The molecule has 8 heteroatoms. The Morgan fingerprint density at radius 3 is 1.52 bits per heavy atom. The molecule has 0 N–H and O–H groups in total. The summed E-state index contributed by atoms with van der Waals surface area (Å²) in [6, 6.07) is 6.14. The van der Waals surface area contributed by atoms with Crippen LogP contribution in [0.2, 0.25) is 0 Å². The maximum absolute atomic E-state index is 11.7. The molecule has 0 aromatic carbocycles. The maximum atomic E-state index is 11.7. The average molecular weight is 370 g/mol. The van der Waals surface area contributed by atoms with Crippen molar-refractivity contribution >= 4 is 23.9 Å². The van der Waals surface area contributed by atoms with E-state index in [4.69, 9.17) is 9.47 Å². The van der Waals surface area contributed by atoms with Crippen LogP contribution in [0.15, 0.2) is 49.1 Å². The van der Waals surface area contributed by atoms with Crippen molar-refractivity contribution in [2.45, 2.75) is 32.1 Å². The van der Waals surface area contributed by atoms with E-state index >= 15 is 0 Å². The summed E-state index contributed by atoms with van der Waals surface area (Å²) in [5, 5.41) is 0. The van der Waals surface area contributed by atoms with Crippen molar-refractivity contribution in [3.63, 3.8) is 0 Å². The molecule has 0 spiro atoms. The molecule has 27 heavy (non-hydrogen) atoms. The molecule has 0 atom stereocenters. The highest BCUT2D eigenvalue weighted by atomic mass is 16.6. The van der Waals surface area contributed by atoms with Crippen LogP contribution in [-0.4, -0.2) is 33.8 Å². The normalized spacial score (nSPS) is 10.1. The van der Waals surface area contributed by atoms with Crippen LogP contribution in [-0.2, 0) is 19.1 Å². The molecule has 2 heterocycles. The highest BCUT2D eigenvalue weighted by molar-refractivity contribution is 5.97. The van der Waals surface area contributed by atoms with Crippen molar-refractivity contribution in [3.05, 3.63) is 60.2 Å². The molecule has 2 aromatic heterocycles. The summed E-state index contributed by atoms with van der Waals surface area (Å²) >= 11 is 0. The Balaban J connectivity index is 1.58. The molecule has 2 aromatic rings. The van der Waals surface area contributed by atoms with Crippen LogP contribution in [0.3, 0.4) is 0 Å². The van der Waals surface area contributed by atoms with Crippen molar-refractivity contribution < 1.29 is 28.7 Å². The lowest BCUT2D eigenvalue weighted by atomic mass is 10.1. The van der Waals surface area contributed by atoms with E-state index in [-0.39, 0.29) is 24.0 Å². The molecule has 0 saturated carbocycles. The third kappa shape index (κ3) is 7.15. The lowest BCUT2D eigenvalue weighted by Gasteiger charge is -2.04. The quantitative estimate of drug-likeness (QED) is 0.396. The Morgan fingerprint density at radius 2 is 1.15 bits per heavy atom. The van der Waals surface area contributed by atoms with Gasteiger partial charge in [-0.15, -0.1) is 0 Å². The Morgan fingerprint density at radius 1 is 0.704 bits per heavy atom. The van der Waals surface area contributed by atoms with E-state index < -0.39 is 23.9 Å². The highest BCUT2D eigenvalue weighted by Gasteiger charge is 2.14. The van der Waals surface area contributed by atoms with E-state index in [1.807, 2.05) is 0 Å². The fourth-order valence-corrected chi connectivity index (χ4v) is 2.11. The summed E-state index contributed by atoms with van der Waals surface area (Å²) in [6.07, 6.45) is 7.19. The molecule has 0 radical (unpaired) electrons. The summed E-state index contributed by atoms with van der Waals surface area (Å²) in [5.74, 6) is -2.77. The van der Waals surface area contributed by atoms with Crippen LogP contribution in [0, 0.1) is 0 Å². The monoisotopic (exact) mass is 370 g/mol. The van der Waals surface area contributed by atoms with Crippen LogP contribution in [0.5, 0.6) is 0 Å². The van der Waals surface area contributed by atoms with E-state index in [1.165, 1.54) is 36.9 Å². The molecule has 8 nitrogen and oxygen atoms in total. The standard InChI is InChI=1S/C19H18N2O6/c22-16(26-18(24)14-6-4-10-20-12-14)8-2-1-3-9-17(23)27-19(25)15-7-5-11-21-13-15/h4-7,10-13H,1-3,8-9H2. The van der Waals surface area contributed by atoms with E-state index in [9.17, 15) is 19.2 Å². The predicted octanol–water partition coefficient (Wildman–Crippen LogP) is 2.49. The molecule has 0 aliphatic rings. The topological polar surface area (TPSA) is 113 Å². The van der Waals surface area contributed by atoms with Crippen LogP contribution < -0.4 is 0 Å². The smallest absolute Gasteiger partial charge is 0.347 e. The Kier molecular flexibility index (Phi) is 7.77. The largest absolute Gasteiger partial charge is 0.389 e. The number of carbonyl (C=O) groups excluding carboxylic acids is 4. The molecular formula is C19H18N2O6. The fourth-order valence-electron chi connectivity index (χ4n) is 2.11. The Labute approximate surface area is 155 Å². The second kappa shape index (κ2) is 10.5. The SMILES string of the molecule is O=C(CCCCCC(=O)OC(=O)c1cccnc1)OC(=O)c1cccnc1. The first-order valence-electron chi connectivity index (χ1n) is 8.36. The number of hydrogen-bond donors (Lipinski definition) is 0. The molecule has 2 rings (SSSR count). The van der Waals surface area contributed by atoms with Gasteiger partial charge in [0.25, 0.3) is 0 Å². The van der Waals surface area contributed by atoms with Gasteiger partial charge in [0, 0.05) is 37.6 Å². The fraction of sp³-hybridized carbons (Fsp3) is 0.263. The van der Waals surface area contributed by atoms with Crippen molar-refractivity contribution in [1.82, 2.24) is 9.97 Å². The number of hydrogen-bond acceptors (Lipinski definition) is 8. The zero-order chi connectivity index (χ0) is 19.5. The van der Waals surface area contributed by atoms with Gasteiger partial charge in [-0.1, -0.05) is 6.42 Å². The van der Waals surface area contributed by atoms with E-state index in [1.54, 1.807) is 12.1 Å². The minimum absolute atomic E-state index is 0.0513. The second-order valence-corrected chi connectivity index (χ2v) is 5.57. The zero-order valence-corrected chi connectivity index (χ0v) is 14.5. The Bertz CT molecular complexity index is 725. The van der Waals surface area contributed by atoms with Gasteiger partial charge in [-0.3, -0.25) is 19.6 Å². The first-order chi connectivity index (χ1) is 13.1. The zero-order valence-electron chi connectivity index (χ0n) is 14.5. The lowest BCUT2D eigenvalue weighted by molar-refractivity contribution is -0.138. The summed E-state index contributed by atoms with van der Waals surface area (Å²) in [7, 11) is 0. The number of unbranched alkanes of at least 4 members (excludes halogenated alkanes) is 2. The van der Waals surface area contributed by atoms with Gasteiger partial charge in [0.2, 0.25) is 0 Å². The third-order valence-corrected chi connectivity index (χ3v) is 3.47. The molecule has 0 saturated heterocycles. The number of esters is 4. The van der Waals surface area contributed by atoms with E-state index in [2.05, 4.69) is 9.97 Å². The minimum Gasteiger partial charge on any atom is -0.389 e. The number of nitrogens with zero attached hydrogens (tertiary/aromatic N) is 2. The summed E-state index contributed by atoms with van der Waals surface area (Å²) < 4.78 is 9.41. The van der Waals surface area contributed by atoms with Crippen LogP contribution >= 0.6 is 0 Å². The molecule has 0 aliphatic heterocycles. The van der Waals surface area contributed by atoms with Crippen LogP contribution in [0.25, 0.3) is 0 Å². The first kappa shape index (κ1) is 19.9.